The summed E-state index contributed by atoms with van der Waals surface area (Å²) in [5, 5.41) is 3.39. The minimum absolute atomic E-state index is 0.0647. The van der Waals surface area contributed by atoms with Crippen LogP contribution in [0.25, 0.3) is 0 Å². The van der Waals surface area contributed by atoms with Crippen molar-refractivity contribution in [1.29, 1.82) is 0 Å². The van der Waals surface area contributed by atoms with Crippen LogP contribution in [0.2, 0.25) is 5.02 Å². The first-order valence-corrected chi connectivity index (χ1v) is 12.1. The van der Waals surface area contributed by atoms with Gasteiger partial charge in [-0.05, 0) is 73.9 Å². The smallest absolute Gasteiger partial charge is 0.262 e. The zero-order chi connectivity index (χ0) is 24.9. The average Bonchev–Trinajstić information content (AvgIpc) is 2.85. The van der Waals surface area contributed by atoms with Crippen LogP contribution in [0.4, 0.5) is 11.4 Å². The Morgan fingerprint density at radius 3 is 2.31 bits per heavy atom. The lowest BCUT2D eigenvalue weighted by Gasteiger charge is -2.36. The van der Waals surface area contributed by atoms with E-state index < -0.39 is 0 Å². The summed E-state index contributed by atoms with van der Waals surface area (Å²) in [6, 6.07) is 18.9. The Hall–Kier alpha value is -3.51. The predicted molar refractivity (Wildman–Crippen MR) is 141 cm³/mol. The zero-order valence-electron chi connectivity index (χ0n) is 20.3. The molecule has 7 heteroatoms. The molecule has 0 atom stereocenters. The second-order valence-corrected chi connectivity index (χ2v) is 9.25. The van der Waals surface area contributed by atoms with E-state index in [1.807, 2.05) is 80.3 Å². The Labute approximate surface area is 211 Å². The van der Waals surface area contributed by atoms with E-state index in [9.17, 15) is 9.59 Å². The van der Waals surface area contributed by atoms with Crippen molar-refractivity contribution >= 4 is 34.8 Å². The van der Waals surface area contributed by atoms with Gasteiger partial charge in [-0.3, -0.25) is 9.59 Å². The number of carbonyl (C=O) groups excluding carboxylic acids is 2. The van der Waals surface area contributed by atoms with Crippen LogP contribution in [0.15, 0.2) is 60.7 Å². The molecule has 0 radical (unpaired) electrons. The Morgan fingerprint density at radius 2 is 1.63 bits per heavy atom. The molecule has 0 spiro atoms. The standard InChI is InChI=1S/C28H30ClN3O3/c1-19-8-10-23(16-21(19)3)35-18-27(33)30-22-9-11-26(25(29)17-22)31-12-14-32(15-13-31)28(34)24-7-5-4-6-20(24)2/h4-11,16-17H,12-15,18H2,1-3H3,(H,30,33). The molecular formula is C28H30ClN3O3. The second-order valence-electron chi connectivity index (χ2n) is 8.84. The van der Waals surface area contributed by atoms with Gasteiger partial charge in [0.2, 0.25) is 0 Å². The maximum atomic E-state index is 12.9. The molecule has 4 rings (SSSR count). The summed E-state index contributed by atoms with van der Waals surface area (Å²) in [5.41, 5.74) is 5.53. The van der Waals surface area contributed by atoms with Gasteiger partial charge in [0.15, 0.2) is 6.61 Å². The van der Waals surface area contributed by atoms with Gasteiger partial charge in [-0.25, -0.2) is 0 Å². The second kappa shape index (κ2) is 10.8. The van der Waals surface area contributed by atoms with E-state index >= 15 is 0 Å². The molecule has 0 aliphatic carbocycles. The van der Waals surface area contributed by atoms with Crippen LogP contribution in [0.5, 0.6) is 5.75 Å². The van der Waals surface area contributed by atoms with E-state index in [0.717, 1.165) is 22.4 Å². The average molecular weight is 492 g/mol. The Morgan fingerprint density at radius 1 is 0.886 bits per heavy atom. The highest BCUT2D eigenvalue weighted by atomic mass is 35.5. The molecule has 1 heterocycles. The van der Waals surface area contributed by atoms with Gasteiger partial charge in [-0.15, -0.1) is 0 Å². The minimum atomic E-state index is -0.254. The summed E-state index contributed by atoms with van der Waals surface area (Å²) in [7, 11) is 0. The lowest BCUT2D eigenvalue weighted by Crippen LogP contribution is -2.49. The summed E-state index contributed by atoms with van der Waals surface area (Å²) in [6.45, 7) is 8.53. The highest BCUT2D eigenvalue weighted by molar-refractivity contribution is 6.33. The maximum absolute atomic E-state index is 12.9. The van der Waals surface area contributed by atoms with Crippen LogP contribution in [0.3, 0.4) is 0 Å². The molecule has 1 fully saturated rings. The highest BCUT2D eigenvalue weighted by Crippen LogP contribution is 2.30. The number of amides is 2. The number of benzene rings is 3. The highest BCUT2D eigenvalue weighted by Gasteiger charge is 2.24. The molecule has 3 aromatic rings. The molecule has 1 aliphatic heterocycles. The number of carbonyl (C=O) groups is 2. The molecule has 182 valence electrons. The molecule has 0 aromatic heterocycles. The van der Waals surface area contributed by atoms with Gasteiger partial charge in [0, 0.05) is 37.4 Å². The van der Waals surface area contributed by atoms with Crippen LogP contribution in [0.1, 0.15) is 27.0 Å². The van der Waals surface area contributed by atoms with Crippen molar-refractivity contribution in [3.8, 4) is 5.75 Å². The van der Waals surface area contributed by atoms with Gasteiger partial charge in [0.1, 0.15) is 5.75 Å². The van der Waals surface area contributed by atoms with E-state index in [1.165, 1.54) is 5.56 Å². The van der Waals surface area contributed by atoms with Crippen LogP contribution < -0.4 is 15.0 Å². The summed E-state index contributed by atoms with van der Waals surface area (Å²) >= 11 is 6.56. The number of hydrogen-bond acceptors (Lipinski definition) is 4. The van der Waals surface area contributed by atoms with Crippen LogP contribution >= 0.6 is 11.6 Å². The molecule has 2 amide bonds. The Bertz CT molecular complexity index is 1240. The van der Waals surface area contributed by atoms with Gasteiger partial charge in [-0.2, -0.15) is 0 Å². The molecule has 3 aromatic carbocycles. The first kappa shape index (κ1) is 24.6. The fourth-order valence-electron chi connectivity index (χ4n) is 4.12. The Balaban J connectivity index is 1.31. The van der Waals surface area contributed by atoms with Crippen molar-refractivity contribution in [2.45, 2.75) is 20.8 Å². The predicted octanol–water partition coefficient (Wildman–Crippen LogP) is 5.25. The fraction of sp³-hybridized carbons (Fsp3) is 0.286. The molecule has 1 saturated heterocycles. The van der Waals surface area contributed by atoms with E-state index in [1.54, 1.807) is 6.07 Å². The molecule has 0 unspecified atom stereocenters. The lowest BCUT2D eigenvalue weighted by molar-refractivity contribution is -0.118. The molecule has 35 heavy (non-hydrogen) atoms. The number of hydrogen-bond donors (Lipinski definition) is 1. The van der Waals surface area contributed by atoms with E-state index in [4.69, 9.17) is 16.3 Å². The number of halogens is 1. The lowest BCUT2D eigenvalue weighted by atomic mass is 10.1. The van der Waals surface area contributed by atoms with Crippen LogP contribution in [-0.2, 0) is 4.79 Å². The van der Waals surface area contributed by atoms with Crippen molar-refractivity contribution in [3.63, 3.8) is 0 Å². The number of anilines is 2. The van der Waals surface area contributed by atoms with Crippen LogP contribution in [-0.4, -0.2) is 49.5 Å². The monoisotopic (exact) mass is 491 g/mol. The third kappa shape index (κ3) is 5.95. The molecule has 0 saturated carbocycles. The SMILES string of the molecule is Cc1ccc(OCC(=O)Nc2ccc(N3CCN(C(=O)c4ccccc4C)CC3)c(Cl)c2)cc1C. The number of nitrogens with zero attached hydrogens (tertiary/aromatic N) is 2. The van der Waals surface area contributed by atoms with Crippen LogP contribution in [0, 0.1) is 20.8 Å². The summed E-state index contributed by atoms with van der Waals surface area (Å²) < 4.78 is 5.61. The van der Waals surface area contributed by atoms with Gasteiger partial charge in [0.05, 0.1) is 10.7 Å². The normalized spacial score (nSPS) is 13.5. The van der Waals surface area contributed by atoms with Gasteiger partial charge in [-0.1, -0.05) is 35.9 Å². The van der Waals surface area contributed by atoms with E-state index in [2.05, 4.69) is 10.2 Å². The number of aryl methyl sites for hydroxylation is 3. The molecule has 0 bridgehead atoms. The summed E-state index contributed by atoms with van der Waals surface area (Å²) in [4.78, 5) is 29.3. The number of rotatable bonds is 6. The Kier molecular flexibility index (Phi) is 7.61. The minimum Gasteiger partial charge on any atom is -0.484 e. The zero-order valence-corrected chi connectivity index (χ0v) is 21.1. The topological polar surface area (TPSA) is 61.9 Å². The summed E-state index contributed by atoms with van der Waals surface area (Å²) in [6.07, 6.45) is 0. The molecule has 1 aliphatic rings. The summed E-state index contributed by atoms with van der Waals surface area (Å²) in [5.74, 6) is 0.474. The third-order valence-corrected chi connectivity index (χ3v) is 6.67. The molecule has 1 N–H and O–H groups in total. The van der Waals surface area contributed by atoms with Gasteiger partial charge < -0.3 is 19.9 Å². The van der Waals surface area contributed by atoms with Crippen molar-refractivity contribution in [3.05, 3.63) is 87.9 Å². The fourth-order valence-corrected chi connectivity index (χ4v) is 4.42. The van der Waals surface area contributed by atoms with Gasteiger partial charge in [0.25, 0.3) is 11.8 Å². The van der Waals surface area contributed by atoms with Crippen molar-refractivity contribution in [2.75, 3.05) is 43.0 Å². The van der Waals surface area contributed by atoms with E-state index in [-0.39, 0.29) is 18.4 Å². The van der Waals surface area contributed by atoms with E-state index in [0.29, 0.717) is 42.6 Å². The molecule has 6 nitrogen and oxygen atoms in total. The third-order valence-electron chi connectivity index (χ3n) is 6.36. The largest absolute Gasteiger partial charge is 0.484 e. The molecular weight excluding hydrogens is 462 g/mol. The number of ether oxygens (including phenoxy) is 1. The first-order chi connectivity index (χ1) is 16.8. The first-order valence-electron chi connectivity index (χ1n) is 11.7. The quantitative estimate of drug-likeness (QED) is 0.512. The van der Waals surface area contributed by atoms with Gasteiger partial charge >= 0.3 is 0 Å². The number of nitrogens with one attached hydrogen (secondary N) is 1. The van der Waals surface area contributed by atoms with Crippen molar-refractivity contribution in [1.82, 2.24) is 4.90 Å². The van der Waals surface area contributed by atoms with Crippen molar-refractivity contribution in [2.24, 2.45) is 0 Å². The van der Waals surface area contributed by atoms with Crippen molar-refractivity contribution < 1.29 is 14.3 Å². The number of piperazine rings is 1. The maximum Gasteiger partial charge on any atom is 0.262 e.